The molecule has 1 heterocycles. The third-order valence-electron chi connectivity index (χ3n) is 8.39. The molecule has 1 saturated carbocycles. The van der Waals surface area contributed by atoms with Gasteiger partial charge in [-0.3, -0.25) is 14.4 Å². The summed E-state index contributed by atoms with van der Waals surface area (Å²) in [7, 11) is 0. The van der Waals surface area contributed by atoms with Crippen molar-refractivity contribution >= 4 is 46.0 Å². The largest absolute Gasteiger partial charge is 0.298 e. The molecule has 2 bridgehead atoms. The zero-order valence-corrected chi connectivity index (χ0v) is 21.0. The Morgan fingerprint density at radius 1 is 0.778 bits per heavy atom. The molecule has 2 aliphatic carbocycles. The van der Waals surface area contributed by atoms with Crippen LogP contribution in [0.5, 0.6) is 0 Å². The van der Waals surface area contributed by atoms with Crippen LogP contribution in [0.3, 0.4) is 0 Å². The van der Waals surface area contributed by atoms with E-state index in [1.807, 2.05) is 74.5 Å². The maximum atomic E-state index is 14.6. The molecule has 0 spiro atoms. The van der Waals surface area contributed by atoms with Gasteiger partial charge in [0.1, 0.15) is 0 Å². The first-order chi connectivity index (χ1) is 17.4. The van der Waals surface area contributed by atoms with Gasteiger partial charge in [-0.1, -0.05) is 91.7 Å². The second-order valence-electron chi connectivity index (χ2n) is 10.2. The van der Waals surface area contributed by atoms with Crippen LogP contribution in [-0.4, -0.2) is 17.6 Å². The quantitative estimate of drug-likeness (QED) is 0.382. The van der Waals surface area contributed by atoms with Gasteiger partial charge in [-0.2, -0.15) is 0 Å². The Hall–Kier alpha value is -3.50. The summed E-state index contributed by atoms with van der Waals surface area (Å²) >= 11 is 6.23. The molecule has 0 radical (unpaired) electrons. The summed E-state index contributed by atoms with van der Waals surface area (Å²) in [6, 6.07) is 26.6. The first-order valence-electron chi connectivity index (χ1n) is 12.4. The predicted molar refractivity (Wildman–Crippen MR) is 141 cm³/mol. The minimum atomic E-state index is -1.12. The summed E-state index contributed by atoms with van der Waals surface area (Å²) in [5, 5.41) is 0.451. The highest BCUT2D eigenvalue weighted by Crippen LogP contribution is 2.74. The number of imide groups is 1. The summed E-state index contributed by atoms with van der Waals surface area (Å²) in [4.78, 5) is 44.1. The highest BCUT2D eigenvalue weighted by molar-refractivity contribution is 6.35. The van der Waals surface area contributed by atoms with Crippen molar-refractivity contribution in [3.05, 3.63) is 101 Å². The van der Waals surface area contributed by atoms with Gasteiger partial charge < -0.3 is 0 Å². The molecule has 0 aromatic heterocycles. The lowest BCUT2D eigenvalue weighted by Gasteiger charge is -2.37. The van der Waals surface area contributed by atoms with E-state index < -0.39 is 22.7 Å². The molecule has 2 amide bonds. The number of nitrogens with zero attached hydrogens (tertiary/aromatic N) is 1. The molecule has 5 heteroatoms. The van der Waals surface area contributed by atoms with E-state index in [0.29, 0.717) is 23.6 Å². The lowest BCUT2D eigenvalue weighted by molar-refractivity contribution is -0.134. The molecule has 3 aliphatic rings. The first-order valence-corrected chi connectivity index (χ1v) is 12.8. The molecule has 4 atom stereocenters. The number of anilines is 1. The number of ketones is 1. The summed E-state index contributed by atoms with van der Waals surface area (Å²) in [5.41, 5.74) is 1.90. The molecule has 180 valence electrons. The van der Waals surface area contributed by atoms with Gasteiger partial charge in [0.15, 0.2) is 5.78 Å². The van der Waals surface area contributed by atoms with Crippen LogP contribution in [0, 0.1) is 22.7 Å². The van der Waals surface area contributed by atoms with Crippen molar-refractivity contribution in [1.29, 1.82) is 0 Å². The zero-order valence-electron chi connectivity index (χ0n) is 20.2. The van der Waals surface area contributed by atoms with Crippen LogP contribution in [0.4, 0.5) is 5.69 Å². The number of hydrogen-bond acceptors (Lipinski definition) is 3. The van der Waals surface area contributed by atoms with E-state index in [0.717, 1.165) is 22.3 Å². The van der Waals surface area contributed by atoms with E-state index in [4.69, 9.17) is 11.6 Å². The maximum absolute atomic E-state index is 14.6. The lowest BCUT2D eigenvalue weighted by atomic mass is 9.61. The second-order valence-corrected chi connectivity index (χ2v) is 10.6. The molecule has 1 saturated heterocycles. The van der Waals surface area contributed by atoms with Crippen LogP contribution in [0.25, 0.3) is 11.1 Å². The second kappa shape index (κ2) is 8.01. The number of allylic oxidation sites excluding steroid dienone is 2. The fourth-order valence-electron chi connectivity index (χ4n) is 7.23. The van der Waals surface area contributed by atoms with E-state index in [2.05, 4.69) is 0 Å². The van der Waals surface area contributed by atoms with Crippen LogP contribution < -0.4 is 4.90 Å². The van der Waals surface area contributed by atoms with E-state index >= 15 is 0 Å². The van der Waals surface area contributed by atoms with Crippen LogP contribution in [0.2, 0.25) is 5.02 Å². The van der Waals surface area contributed by atoms with Crippen LogP contribution >= 0.6 is 11.6 Å². The van der Waals surface area contributed by atoms with Crippen molar-refractivity contribution in [2.45, 2.75) is 26.7 Å². The van der Waals surface area contributed by atoms with E-state index in [-0.39, 0.29) is 17.6 Å². The number of rotatable bonds is 5. The lowest BCUT2D eigenvalue weighted by Crippen LogP contribution is -2.41. The van der Waals surface area contributed by atoms with Crippen LogP contribution in [0.15, 0.2) is 84.9 Å². The monoisotopic (exact) mass is 495 g/mol. The Labute approximate surface area is 215 Å². The van der Waals surface area contributed by atoms with Crippen molar-refractivity contribution in [3.63, 3.8) is 0 Å². The summed E-state index contributed by atoms with van der Waals surface area (Å²) in [5.74, 6) is -2.13. The zero-order chi connectivity index (χ0) is 25.2. The van der Waals surface area contributed by atoms with E-state index in [9.17, 15) is 14.4 Å². The summed E-state index contributed by atoms with van der Waals surface area (Å²) in [6.45, 7) is 3.92. The normalized spacial score (nSPS) is 28.9. The topological polar surface area (TPSA) is 54.5 Å². The maximum Gasteiger partial charge on any atom is 0.239 e. The number of halogens is 1. The van der Waals surface area contributed by atoms with Gasteiger partial charge in [0.25, 0.3) is 0 Å². The number of amides is 2. The van der Waals surface area contributed by atoms with E-state index in [1.54, 1.807) is 24.3 Å². The smallest absolute Gasteiger partial charge is 0.239 e. The predicted octanol–water partition coefficient (Wildman–Crippen LogP) is 6.45. The number of carbonyl (C=O) groups is 3. The SMILES string of the molecule is CCC[C@@]12C(=O)[C@@](C)(C(c3ccccc3)=C1c1ccccc1)[C@@H]1C(=O)N(c3cccc(Cl)c3)C(=O)[C@@H]12. The van der Waals surface area contributed by atoms with Crippen molar-refractivity contribution in [1.82, 2.24) is 0 Å². The average Bonchev–Trinajstić information content (AvgIpc) is 3.35. The molecular weight excluding hydrogens is 470 g/mol. The summed E-state index contributed by atoms with van der Waals surface area (Å²) in [6.07, 6.45) is 1.22. The fourth-order valence-corrected chi connectivity index (χ4v) is 7.41. The number of hydrogen-bond donors (Lipinski definition) is 0. The number of Topliss-reactive ketones (excluding diaryl/α,β-unsaturated/α-hetero) is 1. The Balaban J connectivity index is 1.66. The van der Waals surface area contributed by atoms with Crippen LogP contribution in [-0.2, 0) is 14.4 Å². The molecule has 6 rings (SSSR count). The van der Waals surface area contributed by atoms with Gasteiger partial charge >= 0.3 is 0 Å². The highest BCUT2D eigenvalue weighted by atomic mass is 35.5. The molecular formula is C31H26ClNO3. The Kier molecular flexibility index (Phi) is 5.10. The van der Waals surface area contributed by atoms with Crippen molar-refractivity contribution in [2.75, 3.05) is 4.90 Å². The molecule has 1 aliphatic heterocycles. The number of fused-ring (bicyclic) bond motifs is 5. The van der Waals surface area contributed by atoms with Crippen molar-refractivity contribution < 1.29 is 14.4 Å². The highest BCUT2D eigenvalue weighted by Gasteiger charge is 2.80. The third kappa shape index (κ3) is 2.74. The fraction of sp³-hybridized carbons (Fsp3) is 0.258. The van der Waals surface area contributed by atoms with Crippen molar-refractivity contribution in [2.24, 2.45) is 22.7 Å². The molecule has 4 nitrogen and oxygen atoms in total. The van der Waals surface area contributed by atoms with Gasteiger partial charge in [-0.05, 0) is 53.8 Å². The van der Waals surface area contributed by atoms with Gasteiger partial charge in [0, 0.05) is 5.02 Å². The Bertz CT molecular complexity index is 1450. The number of carbonyl (C=O) groups excluding carboxylic acids is 3. The minimum Gasteiger partial charge on any atom is -0.298 e. The molecule has 0 unspecified atom stereocenters. The van der Waals surface area contributed by atoms with Gasteiger partial charge in [0.05, 0.1) is 28.4 Å². The number of benzene rings is 3. The average molecular weight is 496 g/mol. The standard InChI is InChI=1S/C31H26ClNO3/c1-3-17-31-24(20-13-8-5-9-14-20)23(19-11-6-4-7-12-19)30(2,29(31)36)25-26(31)28(35)33(27(25)34)22-16-10-15-21(32)18-22/h4-16,18,25-26H,3,17H2,1-2H3/t25-,26+,30-,31+/m0/s1. The third-order valence-corrected chi connectivity index (χ3v) is 8.62. The van der Waals surface area contributed by atoms with Crippen LogP contribution in [0.1, 0.15) is 37.8 Å². The molecule has 0 N–H and O–H groups in total. The Morgan fingerprint density at radius 3 is 1.94 bits per heavy atom. The summed E-state index contributed by atoms with van der Waals surface area (Å²) < 4.78 is 0. The molecule has 36 heavy (non-hydrogen) atoms. The van der Waals surface area contributed by atoms with Gasteiger partial charge in [-0.25, -0.2) is 4.90 Å². The van der Waals surface area contributed by atoms with Gasteiger partial charge in [-0.15, -0.1) is 0 Å². The molecule has 3 aromatic carbocycles. The van der Waals surface area contributed by atoms with Crippen molar-refractivity contribution in [3.8, 4) is 0 Å². The van der Waals surface area contributed by atoms with E-state index in [1.165, 1.54) is 4.90 Å². The molecule has 3 aromatic rings. The molecule has 2 fully saturated rings. The van der Waals surface area contributed by atoms with Gasteiger partial charge in [0.2, 0.25) is 11.8 Å². The minimum absolute atomic E-state index is 0.00278. The Morgan fingerprint density at radius 2 is 1.36 bits per heavy atom. The first kappa shape index (κ1) is 22.9.